The van der Waals surface area contributed by atoms with E-state index in [9.17, 15) is 19.2 Å². The number of aromatic nitrogens is 1. The first-order valence-corrected chi connectivity index (χ1v) is 14.0. The van der Waals surface area contributed by atoms with Crippen molar-refractivity contribution in [1.29, 1.82) is 0 Å². The maximum Gasteiger partial charge on any atom is 0.339 e. The number of imide groups is 1. The number of aryl methyl sites for hydroxylation is 1. The Balaban J connectivity index is 1.14. The molecule has 1 saturated heterocycles. The molecule has 0 N–H and O–H groups in total. The summed E-state index contributed by atoms with van der Waals surface area (Å²) in [6, 6.07) is 23.2. The topological polar surface area (TPSA) is 93.6 Å². The van der Waals surface area contributed by atoms with Gasteiger partial charge >= 0.3 is 5.97 Å². The van der Waals surface area contributed by atoms with E-state index < -0.39 is 5.97 Å². The molecule has 7 heteroatoms. The fraction of sp³-hybridized carbons (Fsp3) is 0.265. The number of nitrogens with zero attached hydrogens (tertiary/aromatic N) is 2. The molecule has 7 nitrogen and oxygen atoms in total. The molecule has 41 heavy (non-hydrogen) atoms. The molecule has 204 valence electrons. The SMILES string of the molecule is Cc1ccc(C(=O)COC(=O)c2cc(-c3ccc(N4C(=O)[C@H]5[C@H]6CC[C@@H](C6)[C@@H]5C4=O)cc3)nc3ccccc23)cc1. The van der Waals surface area contributed by atoms with Gasteiger partial charge in [-0.3, -0.25) is 19.3 Å². The van der Waals surface area contributed by atoms with Crippen molar-refractivity contribution in [3.05, 3.63) is 95.6 Å². The number of carbonyl (C=O) groups is 4. The number of anilines is 1. The van der Waals surface area contributed by atoms with Crippen LogP contribution in [-0.4, -0.2) is 35.2 Å². The van der Waals surface area contributed by atoms with Crippen molar-refractivity contribution < 1.29 is 23.9 Å². The lowest BCUT2D eigenvalue weighted by Gasteiger charge is -2.19. The molecule has 4 atom stereocenters. The molecule has 0 spiro atoms. The zero-order chi connectivity index (χ0) is 28.2. The van der Waals surface area contributed by atoms with Crippen LogP contribution < -0.4 is 4.90 Å². The summed E-state index contributed by atoms with van der Waals surface area (Å²) in [6.45, 7) is 1.57. The summed E-state index contributed by atoms with van der Waals surface area (Å²) in [4.78, 5) is 58.4. The maximum absolute atomic E-state index is 13.2. The molecule has 2 heterocycles. The van der Waals surface area contributed by atoms with Crippen LogP contribution >= 0.6 is 0 Å². The molecule has 1 aromatic heterocycles. The minimum absolute atomic E-state index is 0.0750. The lowest BCUT2D eigenvalue weighted by molar-refractivity contribution is -0.123. The van der Waals surface area contributed by atoms with E-state index in [0.717, 1.165) is 30.4 Å². The second kappa shape index (κ2) is 9.77. The van der Waals surface area contributed by atoms with Gasteiger partial charge in [0.1, 0.15) is 0 Å². The summed E-state index contributed by atoms with van der Waals surface area (Å²) >= 11 is 0. The number of esters is 1. The minimum Gasteiger partial charge on any atom is -0.454 e. The number of hydrogen-bond donors (Lipinski definition) is 0. The molecule has 3 aromatic carbocycles. The van der Waals surface area contributed by atoms with Crippen LogP contribution in [0.3, 0.4) is 0 Å². The number of ketones is 1. The Kier molecular flexibility index (Phi) is 6.03. The number of ether oxygens (including phenoxy) is 1. The first-order chi connectivity index (χ1) is 19.9. The van der Waals surface area contributed by atoms with Crippen molar-refractivity contribution in [3.8, 4) is 11.3 Å². The minimum atomic E-state index is -0.614. The second-order valence-corrected chi connectivity index (χ2v) is 11.4. The molecule has 0 unspecified atom stereocenters. The zero-order valence-corrected chi connectivity index (χ0v) is 22.6. The summed E-state index contributed by atoms with van der Waals surface area (Å²) in [7, 11) is 0. The summed E-state index contributed by atoms with van der Waals surface area (Å²) in [5, 5.41) is 0.620. The summed E-state index contributed by atoms with van der Waals surface area (Å²) in [6.07, 6.45) is 3.07. The fourth-order valence-corrected chi connectivity index (χ4v) is 6.97. The number of amides is 2. The van der Waals surface area contributed by atoms with Crippen LogP contribution in [0.15, 0.2) is 78.9 Å². The van der Waals surface area contributed by atoms with Crippen LogP contribution in [0, 0.1) is 30.6 Å². The van der Waals surface area contributed by atoms with E-state index in [1.54, 1.807) is 36.4 Å². The molecular weight excluding hydrogens is 516 g/mol. The summed E-state index contributed by atoms with van der Waals surface area (Å²) in [5.74, 6) is -0.727. The molecule has 2 aliphatic carbocycles. The standard InChI is InChI=1S/C34H28N2O5/c1-19-6-8-21(9-7-19)29(37)18-41-34(40)26-17-28(35-27-5-3-2-4-25(26)27)20-12-14-24(15-13-20)36-32(38)30-22-10-11-23(16-22)31(30)33(36)39/h2-9,12-15,17,22-23,30-31H,10-11,16,18H2,1H3/t22-,23-,30-,31-/m0/s1. The summed E-state index contributed by atoms with van der Waals surface area (Å²) in [5.41, 5.74) is 4.27. The highest BCUT2D eigenvalue weighted by molar-refractivity contribution is 6.22. The molecule has 0 radical (unpaired) electrons. The summed E-state index contributed by atoms with van der Waals surface area (Å²) < 4.78 is 5.44. The van der Waals surface area contributed by atoms with Crippen LogP contribution in [0.5, 0.6) is 0 Å². The van der Waals surface area contributed by atoms with Gasteiger partial charge in [-0.15, -0.1) is 0 Å². The van der Waals surface area contributed by atoms with Crippen molar-refractivity contribution in [2.45, 2.75) is 26.2 Å². The van der Waals surface area contributed by atoms with E-state index in [4.69, 9.17) is 9.72 Å². The Labute approximate surface area is 237 Å². The largest absolute Gasteiger partial charge is 0.454 e. The maximum atomic E-state index is 13.2. The number of pyridine rings is 1. The van der Waals surface area contributed by atoms with E-state index in [1.165, 1.54) is 4.90 Å². The number of hydrogen-bond acceptors (Lipinski definition) is 6. The number of carbonyl (C=O) groups excluding carboxylic acids is 4. The molecule has 7 rings (SSSR count). The molecule has 2 bridgehead atoms. The van der Waals surface area contributed by atoms with Gasteiger partial charge in [0.05, 0.1) is 34.3 Å². The van der Waals surface area contributed by atoms with Crippen molar-refractivity contribution >= 4 is 40.2 Å². The third-order valence-electron chi connectivity index (χ3n) is 8.99. The van der Waals surface area contributed by atoms with E-state index in [-0.39, 0.29) is 36.0 Å². The van der Waals surface area contributed by atoms with Crippen molar-refractivity contribution in [1.82, 2.24) is 4.98 Å². The van der Waals surface area contributed by atoms with E-state index in [0.29, 0.717) is 45.2 Å². The average Bonchev–Trinajstić information content (AvgIpc) is 3.69. The van der Waals surface area contributed by atoms with Gasteiger partial charge in [-0.05, 0) is 62.3 Å². The van der Waals surface area contributed by atoms with Crippen LogP contribution in [0.4, 0.5) is 5.69 Å². The van der Waals surface area contributed by atoms with Gasteiger partial charge in [0.2, 0.25) is 11.8 Å². The number of Topliss-reactive ketones (excluding diaryl/α,β-unsaturated/α-hetero) is 1. The molecule has 2 amide bonds. The molecule has 2 saturated carbocycles. The second-order valence-electron chi connectivity index (χ2n) is 11.4. The lowest BCUT2D eigenvalue weighted by atomic mass is 9.81. The van der Waals surface area contributed by atoms with Gasteiger partial charge in [0.25, 0.3) is 0 Å². The van der Waals surface area contributed by atoms with Gasteiger partial charge < -0.3 is 4.74 Å². The highest BCUT2D eigenvalue weighted by atomic mass is 16.5. The lowest BCUT2D eigenvalue weighted by Crippen LogP contribution is -2.32. The third-order valence-corrected chi connectivity index (χ3v) is 8.99. The highest BCUT2D eigenvalue weighted by Crippen LogP contribution is 2.56. The molecule has 3 aliphatic rings. The third kappa shape index (κ3) is 4.24. The quantitative estimate of drug-likeness (QED) is 0.173. The van der Waals surface area contributed by atoms with Gasteiger partial charge in [-0.1, -0.05) is 60.2 Å². The first-order valence-electron chi connectivity index (χ1n) is 14.0. The number of para-hydroxylation sites is 1. The normalized spacial score (nSPS) is 22.8. The van der Waals surface area contributed by atoms with Crippen molar-refractivity contribution in [3.63, 3.8) is 0 Å². The first kappa shape index (κ1) is 25.3. The van der Waals surface area contributed by atoms with E-state index in [1.807, 2.05) is 49.4 Å². The Morgan fingerprint density at radius 1 is 0.878 bits per heavy atom. The zero-order valence-electron chi connectivity index (χ0n) is 22.6. The predicted molar refractivity (Wildman–Crippen MR) is 153 cm³/mol. The molecule has 1 aliphatic heterocycles. The van der Waals surface area contributed by atoms with Gasteiger partial charge in [-0.25, -0.2) is 9.78 Å². The smallest absolute Gasteiger partial charge is 0.339 e. The van der Waals surface area contributed by atoms with Crippen LogP contribution in [0.1, 0.15) is 45.5 Å². The predicted octanol–water partition coefficient (Wildman–Crippen LogP) is 5.79. The van der Waals surface area contributed by atoms with Gasteiger partial charge in [0, 0.05) is 16.5 Å². The fourth-order valence-electron chi connectivity index (χ4n) is 6.97. The average molecular weight is 545 g/mol. The van der Waals surface area contributed by atoms with Crippen molar-refractivity contribution in [2.75, 3.05) is 11.5 Å². The molecule has 3 fully saturated rings. The Morgan fingerprint density at radius 3 is 2.22 bits per heavy atom. The number of rotatable bonds is 6. The molecule has 4 aromatic rings. The Bertz CT molecular complexity index is 1700. The number of benzene rings is 3. The van der Waals surface area contributed by atoms with E-state index in [2.05, 4.69) is 0 Å². The van der Waals surface area contributed by atoms with E-state index >= 15 is 0 Å². The Morgan fingerprint density at radius 2 is 1.54 bits per heavy atom. The van der Waals surface area contributed by atoms with Gasteiger partial charge in [-0.2, -0.15) is 0 Å². The molecular formula is C34H28N2O5. The van der Waals surface area contributed by atoms with Crippen LogP contribution in [-0.2, 0) is 14.3 Å². The number of fused-ring (bicyclic) bond motifs is 6. The van der Waals surface area contributed by atoms with Crippen molar-refractivity contribution in [2.24, 2.45) is 23.7 Å². The Hall–Kier alpha value is -4.65. The van der Waals surface area contributed by atoms with Gasteiger partial charge in [0.15, 0.2) is 12.4 Å². The van der Waals surface area contributed by atoms with Crippen LogP contribution in [0.25, 0.3) is 22.2 Å². The monoisotopic (exact) mass is 544 g/mol. The highest BCUT2D eigenvalue weighted by Gasteiger charge is 2.61. The van der Waals surface area contributed by atoms with Crippen LogP contribution in [0.2, 0.25) is 0 Å².